The molecule has 0 saturated carbocycles. The van der Waals surface area contributed by atoms with Gasteiger partial charge in [-0.15, -0.1) is 0 Å². The van der Waals surface area contributed by atoms with E-state index in [9.17, 15) is 37.5 Å². The third-order valence-corrected chi connectivity index (χ3v) is 7.02. The Hall–Kier alpha value is -2.98. The first-order valence-corrected chi connectivity index (χ1v) is 14.4. The zero-order valence-corrected chi connectivity index (χ0v) is 24.4. The van der Waals surface area contributed by atoms with Gasteiger partial charge >= 0.3 is 12.2 Å². The molecule has 15 nitrogen and oxygen atoms in total. The number of carbonyl (C=O) groups is 5. The average Bonchev–Trinajstić information content (AvgIpc) is 3.17. The average molecular weight is 593 g/mol. The number of ether oxygens (including phenoxy) is 2. The van der Waals surface area contributed by atoms with Crippen molar-refractivity contribution >= 4 is 39.9 Å². The summed E-state index contributed by atoms with van der Waals surface area (Å²) in [7, 11) is -5.20. The van der Waals surface area contributed by atoms with Gasteiger partial charge in [0, 0.05) is 12.5 Å². The summed E-state index contributed by atoms with van der Waals surface area (Å²) in [5, 5.41) is 17.1. The van der Waals surface area contributed by atoms with Crippen molar-refractivity contribution in [1.82, 2.24) is 20.9 Å². The number of ketones is 1. The van der Waals surface area contributed by atoms with Gasteiger partial charge in [-0.2, -0.15) is 8.42 Å². The van der Waals surface area contributed by atoms with Crippen LogP contribution >= 0.6 is 0 Å². The molecule has 1 unspecified atom stereocenters. The lowest BCUT2D eigenvalue weighted by Gasteiger charge is -2.46. The first-order valence-electron chi connectivity index (χ1n) is 12.9. The second kappa shape index (κ2) is 12.7. The smallest absolute Gasteiger partial charge is 0.410 e. The quantitative estimate of drug-likeness (QED) is 0.200. The van der Waals surface area contributed by atoms with E-state index in [1.165, 1.54) is 4.90 Å². The lowest BCUT2D eigenvalue weighted by atomic mass is 9.95. The number of Topliss-reactive ketones (excluding diaryl/α,β-unsaturated/α-hetero) is 1. The molecule has 2 aliphatic heterocycles. The highest BCUT2D eigenvalue weighted by Crippen LogP contribution is 2.27. The van der Waals surface area contributed by atoms with Gasteiger partial charge < -0.3 is 35.4 Å². The maximum absolute atomic E-state index is 13.2. The van der Waals surface area contributed by atoms with E-state index < -0.39 is 74.5 Å². The van der Waals surface area contributed by atoms with Crippen LogP contribution in [-0.4, -0.2) is 101 Å². The summed E-state index contributed by atoms with van der Waals surface area (Å²) >= 11 is 0. The maximum Gasteiger partial charge on any atom is 0.410 e. The van der Waals surface area contributed by atoms with Crippen LogP contribution in [0.2, 0.25) is 0 Å². The van der Waals surface area contributed by atoms with Crippen LogP contribution in [0.4, 0.5) is 9.59 Å². The van der Waals surface area contributed by atoms with Crippen LogP contribution in [0.1, 0.15) is 60.8 Å². The van der Waals surface area contributed by atoms with Crippen LogP contribution in [-0.2, 0) is 34.0 Å². The Balaban J connectivity index is 2.10. The highest BCUT2D eigenvalue weighted by Gasteiger charge is 2.47. The molecule has 0 aromatic carbocycles. The minimum absolute atomic E-state index is 0.0595. The van der Waals surface area contributed by atoms with Crippen LogP contribution in [0.3, 0.4) is 0 Å². The van der Waals surface area contributed by atoms with E-state index in [0.29, 0.717) is 13.0 Å². The number of nitrogens with zero attached hydrogens (tertiary/aromatic N) is 1. The van der Waals surface area contributed by atoms with Gasteiger partial charge in [0.15, 0.2) is 0 Å². The molecule has 2 heterocycles. The van der Waals surface area contributed by atoms with Gasteiger partial charge in [-0.1, -0.05) is 13.8 Å². The first kappa shape index (κ1) is 33.2. The summed E-state index contributed by atoms with van der Waals surface area (Å²) in [5.41, 5.74) is -4.58. The summed E-state index contributed by atoms with van der Waals surface area (Å²) in [6.07, 6.45) is -1.47. The van der Waals surface area contributed by atoms with E-state index in [4.69, 9.17) is 14.0 Å². The fourth-order valence-electron chi connectivity index (χ4n) is 4.37. The minimum atomic E-state index is -5.20. The van der Waals surface area contributed by atoms with Crippen molar-refractivity contribution < 1.29 is 51.5 Å². The molecule has 0 aliphatic carbocycles. The third-order valence-electron chi connectivity index (χ3n) is 6.23. The Labute approximate surface area is 233 Å². The van der Waals surface area contributed by atoms with Crippen molar-refractivity contribution in [3.8, 4) is 0 Å². The van der Waals surface area contributed by atoms with E-state index in [1.54, 1.807) is 41.5 Å². The Kier molecular flexibility index (Phi) is 10.5. The number of aliphatic hydroxyl groups is 1. The van der Waals surface area contributed by atoms with Gasteiger partial charge in [-0.05, 0) is 52.9 Å². The molecular formula is C24H40N4O11S. The number of aliphatic hydroxyl groups excluding tert-OH is 1. The van der Waals surface area contributed by atoms with Crippen LogP contribution in [0, 0.1) is 11.8 Å². The Morgan fingerprint density at radius 3 is 2.23 bits per heavy atom. The van der Waals surface area contributed by atoms with Crippen LogP contribution in [0.15, 0.2) is 0 Å². The highest BCUT2D eigenvalue weighted by atomic mass is 32.2. The summed E-state index contributed by atoms with van der Waals surface area (Å²) in [4.78, 5) is 64.2. The van der Waals surface area contributed by atoms with Gasteiger partial charge in [0.25, 0.3) is 10.1 Å². The molecule has 16 heteroatoms. The van der Waals surface area contributed by atoms with E-state index in [-0.39, 0.29) is 31.8 Å². The molecular weight excluding hydrogens is 552 g/mol. The maximum atomic E-state index is 13.2. The Morgan fingerprint density at radius 2 is 1.75 bits per heavy atom. The molecule has 2 aliphatic rings. The predicted octanol–water partition coefficient (Wildman–Crippen LogP) is -0.0770. The first-order chi connectivity index (χ1) is 18.2. The molecule has 228 valence electrons. The molecule has 2 rings (SSSR count). The number of rotatable bonds is 11. The van der Waals surface area contributed by atoms with Crippen molar-refractivity contribution in [3.63, 3.8) is 0 Å². The fraction of sp³-hybridized carbons (Fsp3) is 0.792. The molecule has 0 aromatic rings. The third kappa shape index (κ3) is 9.59. The van der Waals surface area contributed by atoms with E-state index in [2.05, 4.69) is 16.0 Å². The highest BCUT2D eigenvalue weighted by molar-refractivity contribution is 7.87. The molecule has 0 aromatic heterocycles. The van der Waals surface area contributed by atoms with Gasteiger partial charge in [-0.3, -0.25) is 18.9 Å². The predicted molar refractivity (Wildman–Crippen MR) is 139 cm³/mol. The number of hydrogen-bond donors (Lipinski definition) is 5. The summed E-state index contributed by atoms with van der Waals surface area (Å²) in [6, 6.07) is -2.90. The van der Waals surface area contributed by atoms with Gasteiger partial charge in [-0.25, -0.2) is 9.59 Å². The normalized spacial score (nSPS) is 21.0. The number of amides is 4. The SMILES string of the molecule is CC(C)C[C@H](NC(=O)OC1(C)CN(C(=O)OC(C)(C)C)C1)C(=O)N[C@@H](C[C@H]1CCNC1=O)C(=O)C(O)S(=O)(=O)O. The van der Waals surface area contributed by atoms with Crippen molar-refractivity contribution in [2.45, 2.75) is 89.5 Å². The number of hydrogen-bond acceptors (Lipinski definition) is 10. The van der Waals surface area contributed by atoms with E-state index in [1.807, 2.05) is 0 Å². The lowest BCUT2D eigenvalue weighted by Crippen LogP contribution is -2.65. The standard InChI is InChI=1S/C24H40N4O11S/c1-13(2)9-16(27-21(33)38-24(6)11-28(12-24)22(34)39-23(3,4)5)19(31)26-15(10-14-7-8-25-18(14)30)17(29)20(32)40(35,36)37/h13-16,20,32H,7-12H2,1-6H3,(H,25,30)(H,26,31)(H,27,33)(H,35,36,37)/t14-,15+,16+,20?/m1/s1. The van der Waals surface area contributed by atoms with Crippen molar-refractivity contribution in [2.24, 2.45) is 11.8 Å². The number of carbonyl (C=O) groups excluding carboxylic acids is 5. The molecule has 4 amide bonds. The number of nitrogens with one attached hydrogen (secondary N) is 3. The minimum Gasteiger partial charge on any atom is -0.444 e. The van der Waals surface area contributed by atoms with Crippen LogP contribution in [0.5, 0.6) is 0 Å². The van der Waals surface area contributed by atoms with Crippen molar-refractivity contribution in [3.05, 3.63) is 0 Å². The molecule has 0 bridgehead atoms. The zero-order chi connectivity index (χ0) is 30.6. The summed E-state index contributed by atoms with van der Waals surface area (Å²) in [6.45, 7) is 10.7. The lowest BCUT2D eigenvalue weighted by molar-refractivity contribution is -0.133. The van der Waals surface area contributed by atoms with Crippen LogP contribution < -0.4 is 16.0 Å². The molecule has 5 N–H and O–H groups in total. The molecule has 0 spiro atoms. The van der Waals surface area contributed by atoms with Gasteiger partial charge in [0.05, 0.1) is 19.1 Å². The summed E-state index contributed by atoms with van der Waals surface area (Å²) < 4.78 is 42.6. The van der Waals surface area contributed by atoms with Gasteiger partial charge in [0.2, 0.25) is 23.0 Å². The topological polar surface area (TPSA) is 218 Å². The Bertz CT molecular complexity index is 1100. The van der Waals surface area contributed by atoms with E-state index in [0.717, 1.165) is 0 Å². The van der Waals surface area contributed by atoms with Crippen molar-refractivity contribution in [2.75, 3.05) is 19.6 Å². The zero-order valence-electron chi connectivity index (χ0n) is 23.6. The Morgan fingerprint density at radius 1 is 1.15 bits per heavy atom. The van der Waals surface area contributed by atoms with Crippen molar-refractivity contribution in [1.29, 1.82) is 0 Å². The number of likely N-dealkylation sites (tertiary alicyclic amines) is 1. The molecule has 2 fully saturated rings. The summed E-state index contributed by atoms with van der Waals surface area (Å²) in [5.74, 6) is -3.61. The largest absolute Gasteiger partial charge is 0.444 e. The monoisotopic (exact) mass is 592 g/mol. The number of alkyl carbamates (subject to hydrolysis) is 1. The molecule has 0 radical (unpaired) electrons. The van der Waals surface area contributed by atoms with Gasteiger partial charge in [0.1, 0.15) is 17.2 Å². The van der Waals surface area contributed by atoms with Crippen LogP contribution in [0.25, 0.3) is 0 Å². The molecule has 4 atom stereocenters. The molecule has 40 heavy (non-hydrogen) atoms. The van der Waals surface area contributed by atoms with E-state index >= 15 is 0 Å². The fourth-order valence-corrected chi connectivity index (χ4v) is 4.83. The second-order valence-corrected chi connectivity index (χ2v) is 13.3. The molecule has 2 saturated heterocycles. The second-order valence-electron chi connectivity index (χ2n) is 11.8.